The standard InChI is InChI=1S/C16H14ClFN2O2/c1-10(15(21)20-14-8-3-2-7-13(14)17)19-16(22)11-5-4-6-12(18)9-11/h2-10H,1H3,(H,19,22)(H,20,21)/t10-/m0/s1. The van der Waals surface area contributed by atoms with Crippen LogP contribution in [0.1, 0.15) is 17.3 Å². The van der Waals surface area contributed by atoms with Crippen LogP contribution in [0.4, 0.5) is 10.1 Å². The molecule has 2 amide bonds. The van der Waals surface area contributed by atoms with Gasteiger partial charge in [0.2, 0.25) is 5.91 Å². The number of carbonyl (C=O) groups is 2. The monoisotopic (exact) mass is 320 g/mol. The van der Waals surface area contributed by atoms with Crippen LogP contribution in [0.2, 0.25) is 5.02 Å². The molecule has 6 heteroatoms. The summed E-state index contributed by atoms with van der Waals surface area (Å²) >= 11 is 5.95. The minimum Gasteiger partial charge on any atom is -0.341 e. The number of para-hydroxylation sites is 1. The lowest BCUT2D eigenvalue weighted by molar-refractivity contribution is -0.117. The number of rotatable bonds is 4. The normalized spacial score (nSPS) is 11.6. The SMILES string of the molecule is C[C@H](NC(=O)c1cccc(F)c1)C(=O)Nc1ccccc1Cl. The molecular weight excluding hydrogens is 307 g/mol. The molecule has 2 aromatic carbocycles. The van der Waals surface area contributed by atoms with Crippen molar-refractivity contribution in [3.63, 3.8) is 0 Å². The van der Waals surface area contributed by atoms with Crippen LogP contribution in [0.25, 0.3) is 0 Å². The molecular formula is C16H14ClFN2O2. The van der Waals surface area contributed by atoms with Crippen molar-refractivity contribution in [1.82, 2.24) is 5.32 Å². The molecule has 0 radical (unpaired) electrons. The molecule has 1 atom stereocenters. The van der Waals surface area contributed by atoms with E-state index in [9.17, 15) is 14.0 Å². The quantitative estimate of drug-likeness (QED) is 0.908. The predicted octanol–water partition coefficient (Wildman–Crippen LogP) is 3.24. The van der Waals surface area contributed by atoms with Crippen LogP contribution in [0.5, 0.6) is 0 Å². The van der Waals surface area contributed by atoms with Gasteiger partial charge in [-0.05, 0) is 37.3 Å². The summed E-state index contributed by atoms with van der Waals surface area (Å²) in [7, 11) is 0. The topological polar surface area (TPSA) is 58.2 Å². The van der Waals surface area contributed by atoms with Gasteiger partial charge in [-0.2, -0.15) is 0 Å². The van der Waals surface area contributed by atoms with E-state index in [1.165, 1.54) is 25.1 Å². The molecule has 0 aliphatic heterocycles. The lowest BCUT2D eigenvalue weighted by Gasteiger charge is -2.15. The number of hydrogen-bond acceptors (Lipinski definition) is 2. The number of halogens is 2. The van der Waals surface area contributed by atoms with Crippen molar-refractivity contribution in [2.75, 3.05) is 5.32 Å². The third-order valence-electron chi connectivity index (χ3n) is 2.96. The van der Waals surface area contributed by atoms with Crippen molar-refractivity contribution in [2.24, 2.45) is 0 Å². The van der Waals surface area contributed by atoms with E-state index in [0.29, 0.717) is 10.7 Å². The zero-order valence-electron chi connectivity index (χ0n) is 11.8. The Morgan fingerprint density at radius 3 is 2.55 bits per heavy atom. The van der Waals surface area contributed by atoms with Gasteiger partial charge in [0.1, 0.15) is 11.9 Å². The van der Waals surface area contributed by atoms with Gasteiger partial charge in [0.25, 0.3) is 5.91 Å². The summed E-state index contributed by atoms with van der Waals surface area (Å²) in [4.78, 5) is 24.0. The Hall–Kier alpha value is -2.40. The molecule has 22 heavy (non-hydrogen) atoms. The molecule has 0 fully saturated rings. The molecule has 0 unspecified atom stereocenters. The Morgan fingerprint density at radius 1 is 1.14 bits per heavy atom. The number of amides is 2. The van der Waals surface area contributed by atoms with E-state index in [2.05, 4.69) is 10.6 Å². The number of benzene rings is 2. The van der Waals surface area contributed by atoms with E-state index in [1.54, 1.807) is 24.3 Å². The molecule has 0 heterocycles. The highest BCUT2D eigenvalue weighted by atomic mass is 35.5. The van der Waals surface area contributed by atoms with Crippen molar-refractivity contribution in [3.8, 4) is 0 Å². The minimum atomic E-state index is -0.799. The first-order chi connectivity index (χ1) is 10.5. The molecule has 0 spiro atoms. The van der Waals surface area contributed by atoms with Gasteiger partial charge in [0, 0.05) is 5.56 Å². The highest BCUT2D eigenvalue weighted by Crippen LogP contribution is 2.20. The molecule has 2 aromatic rings. The van der Waals surface area contributed by atoms with Gasteiger partial charge in [0.05, 0.1) is 10.7 Å². The van der Waals surface area contributed by atoms with Crippen molar-refractivity contribution < 1.29 is 14.0 Å². The van der Waals surface area contributed by atoms with Crippen LogP contribution in [-0.2, 0) is 4.79 Å². The van der Waals surface area contributed by atoms with E-state index >= 15 is 0 Å². The Kier molecular flexibility index (Phi) is 5.12. The summed E-state index contributed by atoms with van der Waals surface area (Å²) in [5.74, 6) is -1.46. The zero-order valence-corrected chi connectivity index (χ0v) is 12.5. The van der Waals surface area contributed by atoms with Gasteiger partial charge >= 0.3 is 0 Å². The Labute approximate surface area is 132 Å². The number of hydrogen-bond donors (Lipinski definition) is 2. The molecule has 0 aromatic heterocycles. The molecule has 114 valence electrons. The first kappa shape index (κ1) is 16.0. The highest BCUT2D eigenvalue weighted by molar-refractivity contribution is 6.33. The number of nitrogens with one attached hydrogen (secondary N) is 2. The summed E-state index contributed by atoms with van der Waals surface area (Å²) in [6, 6.07) is 11.2. The fraction of sp³-hybridized carbons (Fsp3) is 0.125. The lowest BCUT2D eigenvalue weighted by atomic mass is 10.2. The van der Waals surface area contributed by atoms with Crippen LogP contribution in [0, 0.1) is 5.82 Å². The van der Waals surface area contributed by atoms with E-state index in [0.717, 1.165) is 6.07 Å². The van der Waals surface area contributed by atoms with Crippen molar-refractivity contribution in [2.45, 2.75) is 13.0 Å². The molecule has 0 aliphatic rings. The Morgan fingerprint density at radius 2 is 1.86 bits per heavy atom. The summed E-state index contributed by atoms with van der Waals surface area (Å²) in [5, 5.41) is 5.52. The average molecular weight is 321 g/mol. The summed E-state index contributed by atoms with van der Waals surface area (Å²) in [6.45, 7) is 1.53. The second-order valence-electron chi connectivity index (χ2n) is 4.67. The molecule has 2 rings (SSSR count). The van der Waals surface area contributed by atoms with Gasteiger partial charge in [-0.25, -0.2) is 4.39 Å². The summed E-state index contributed by atoms with van der Waals surface area (Å²) in [6.07, 6.45) is 0. The van der Waals surface area contributed by atoms with Crippen LogP contribution in [0.15, 0.2) is 48.5 Å². The van der Waals surface area contributed by atoms with Gasteiger partial charge in [0.15, 0.2) is 0 Å². The second kappa shape index (κ2) is 7.04. The fourth-order valence-corrected chi connectivity index (χ4v) is 1.96. The van der Waals surface area contributed by atoms with Crippen molar-refractivity contribution in [3.05, 3.63) is 64.9 Å². The van der Waals surface area contributed by atoms with Gasteiger partial charge in [-0.3, -0.25) is 9.59 Å². The molecule has 0 saturated carbocycles. The van der Waals surface area contributed by atoms with Crippen LogP contribution in [-0.4, -0.2) is 17.9 Å². The molecule has 0 aliphatic carbocycles. The number of anilines is 1. The fourth-order valence-electron chi connectivity index (χ4n) is 1.78. The molecule has 0 bridgehead atoms. The maximum Gasteiger partial charge on any atom is 0.252 e. The minimum absolute atomic E-state index is 0.150. The van der Waals surface area contributed by atoms with E-state index in [4.69, 9.17) is 11.6 Å². The van der Waals surface area contributed by atoms with E-state index < -0.39 is 23.7 Å². The van der Waals surface area contributed by atoms with Gasteiger partial charge in [-0.15, -0.1) is 0 Å². The van der Waals surface area contributed by atoms with Crippen molar-refractivity contribution in [1.29, 1.82) is 0 Å². The third kappa shape index (κ3) is 4.05. The largest absolute Gasteiger partial charge is 0.341 e. The maximum atomic E-state index is 13.1. The molecule has 2 N–H and O–H groups in total. The Bertz CT molecular complexity index is 706. The van der Waals surface area contributed by atoms with Gasteiger partial charge < -0.3 is 10.6 Å². The average Bonchev–Trinajstić information content (AvgIpc) is 2.49. The number of carbonyl (C=O) groups excluding carboxylic acids is 2. The zero-order chi connectivity index (χ0) is 16.1. The van der Waals surface area contributed by atoms with Crippen molar-refractivity contribution >= 4 is 29.1 Å². The highest BCUT2D eigenvalue weighted by Gasteiger charge is 2.17. The summed E-state index contributed by atoms with van der Waals surface area (Å²) < 4.78 is 13.1. The molecule has 4 nitrogen and oxygen atoms in total. The first-order valence-corrected chi connectivity index (χ1v) is 6.97. The molecule has 0 saturated heterocycles. The smallest absolute Gasteiger partial charge is 0.252 e. The van der Waals surface area contributed by atoms with Crippen LogP contribution < -0.4 is 10.6 Å². The predicted molar refractivity (Wildman–Crippen MR) is 83.4 cm³/mol. The maximum absolute atomic E-state index is 13.1. The first-order valence-electron chi connectivity index (χ1n) is 6.59. The van der Waals surface area contributed by atoms with E-state index in [-0.39, 0.29) is 5.56 Å². The second-order valence-corrected chi connectivity index (χ2v) is 5.08. The van der Waals surface area contributed by atoms with Gasteiger partial charge in [-0.1, -0.05) is 29.8 Å². The van der Waals surface area contributed by atoms with Crippen LogP contribution >= 0.6 is 11.6 Å². The Balaban J connectivity index is 1.99. The third-order valence-corrected chi connectivity index (χ3v) is 3.29. The van der Waals surface area contributed by atoms with Crippen LogP contribution in [0.3, 0.4) is 0 Å². The van der Waals surface area contributed by atoms with E-state index in [1.807, 2.05) is 0 Å². The summed E-state index contributed by atoms with van der Waals surface area (Å²) in [5.41, 5.74) is 0.610. The lowest BCUT2D eigenvalue weighted by Crippen LogP contribution is -2.41.